The molecule has 1 heterocycles. The van der Waals surface area contributed by atoms with Gasteiger partial charge in [0.1, 0.15) is 5.82 Å². The highest BCUT2D eigenvalue weighted by molar-refractivity contribution is 9.08. The molecule has 0 aliphatic rings. The summed E-state index contributed by atoms with van der Waals surface area (Å²) < 4.78 is 43.3. The summed E-state index contributed by atoms with van der Waals surface area (Å²) in [4.78, 5) is 14.6. The molecule has 1 rings (SSSR count). The van der Waals surface area contributed by atoms with Crippen LogP contribution in [-0.2, 0) is 21.3 Å². The van der Waals surface area contributed by atoms with Crippen molar-refractivity contribution in [3.63, 3.8) is 0 Å². The van der Waals surface area contributed by atoms with Gasteiger partial charge in [0.05, 0.1) is 19.2 Å². The van der Waals surface area contributed by atoms with Gasteiger partial charge in [-0.1, -0.05) is 15.9 Å². The zero-order valence-electron chi connectivity index (χ0n) is 8.84. The molecule has 0 radical (unpaired) electrons. The van der Waals surface area contributed by atoms with Gasteiger partial charge >= 0.3 is 5.97 Å². The van der Waals surface area contributed by atoms with Crippen LogP contribution in [0.4, 0.5) is 13.2 Å². The minimum Gasteiger partial charge on any atom is -0.469 e. The Morgan fingerprint density at radius 1 is 1.59 bits per heavy atom. The SMILES string of the molecule is COC(=O)Cc1c(C(F)F)cnc(CBr)c1F. The number of rotatable bonds is 4. The number of hydrogen-bond donors (Lipinski definition) is 0. The van der Waals surface area contributed by atoms with E-state index in [1.807, 2.05) is 0 Å². The van der Waals surface area contributed by atoms with Crippen LogP contribution in [0.2, 0.25) is 0 Å². The average molecular weight is 312 g/mol. The fraction of sp³-hybridized carbons (Fsp3) is 0.400. The standard InChI is InChI=1S/C10H9BrF3NO2/c1-17-8(16)2-5-6(10(13)14)4-15-7(3-11)9(5)12/h4,10H,2-3H2,1H3. The smallest absolute Gasteiger partial charge is 0.310 e. The Morgan fingerprint density at radius 3 is 2.71 bits per heavy atom. The molecule has 0 spiro atoms. The molecule has 0 fully saturated rings. The number of pyridine rings is 1. The first-order valence-electron chi connectivity index (χ1n) is 4.58. The number of carbonyl (C=O) groups excluding carboxylic acids is 1. The molecular formula is C10H9BrF3NO2. The van der Waals surface area contributed by atoms with Gasteiger partial charge in [-0.05, 0) is 0 Å². The molecule has 94 valence electrons. The first-order chi connectivity index (χ1) is 8.01. The molecule has 0 atom stereocenters. The van der Waals surface area contributed by atoms with Crippen molar-refractivity contribution < 1.29 is 22.7 Å². The van der Waals surface area contributed by atoms with E-state index in [0.717, 1.165) is 13.3 Å². The van der Waals surface area contributed by atoms with E-state index in [1.165, 1.54) is 0 Å². The van der Waals surface area contributed by atoms with E-state index in [0.29, 0.717) is 0 Å². The highest BCUT2D eigenvalue weighted by Gasteiger charge is 2.22. The van der Waals surface area contributed by atoms with Crippen LogP contribution >= 0.6 is 15.9 Å². The summed E-state index contributed by atoms with van der Waals surface area (Å²) in [5, 5.41) is 0.0799. The quantitative estimate of drug-likeness (QED) is 0.634. The molecule has 0 bridgehead atoms. The number of alkyl halides is 3. The monoisotopic (exact) mass is 311 g/mol. The van der Waals surface area contributed by atoms with E-state index in [9.17, 15) is 18.0 Å². The van der Waals surface area contributed by atoms with E-state index in [4.69, 9.17) is 0 Å². The molecule has 0 unspecified atom stereocenters. The molecule has 1 aromatic rings. The summed E-state index contributed by atoms with van der Waals surface area (Å²) in [7, 11) is 1.11. The Labute approximate surface area is 104 Å². The summed E-state index contributed by atoms with van der Waals surface area (Å²) in [5.74, 6) is -1.68. The number of ether oxygens (including phenoxy) is 1. The van der Waals surface area contributed by atoms with Crippen molar-refractivity contribution in [1.29, 1.82) is 0 Å². The molecular weight excluding hydrogens is 303 g/mol. The molecule has 3 nitrogen and oxygen atoms in total. The zero-order valence-corrected chi connectivity index (χ0v) is 10.4. The Bertz CT molecular complexity index is 426. The average Bonchev–Trinajstić information content (AvgIpc) is 2.30. The lowest BCUT2D eigenvalue weighted by Gasteiger charge is -2.10. The number of esters is 1. The predicted molar refractivity (Wildman–Crippen MR) is 57.5 cm³/mol. The van der Waals surface area contributed by atoms with Crippen LogP contribution in [0.25, 0.3) is 0 Å². The molecule has 0 aromatic carbocycles. The third-order valence-corrected chi connectivity index (χ3v) is 2.67. The van der Waals surface area contributed by atoms with Crippen LogP contribution in [0.15, 0.2) is 6.20 Å². The van der Waals surface area contributed by atoms with Crippen molar-refractivity contribution in [3.8, 4) is 0 Å². The van der Waals surface area contributed by atoms with Gasteiger partial charge in [-0.2, -0.15) is 0 Å². The van der Waals surface area contributed by atoms with Gasteiger partial charge in [0, 0.05) is 22.7 Å². The predicted octanol–water partition coefficient (Wildman–Crippen LogP) is 2.77. The Kier molecular flexibility index (Phi) is 4.92. The lowest BCUT2D eigenvalue weighted by molar-refractivity contribution is -0.139. The number of nitrogens with zero attached hydrogens (tertiary/aromatic N) is 1. The number of aromatic nitrogens is 1. The molecule has 1 aromatic heterocycles. The summed E-state index contributed by atoms with van der Waals surface area (Å²) in [6.45, 7) is 0. The lowest BCUT2D eigenvalue weighted by Crippen LogP contribution is -2.11. The fourth-order valence-corrected chi connectivity index (χ4v) is 1.65. The second kappa shape index (κ2) is 6.00. The summed E-state index contributed by atoms with van der Waals surface area (Å²) in [6, 6.07) is 0. The van der Waals surface area contributed by atoms with Crippen molar-refractivity contribution in [2.75, 3.05) is 7.11 Å². The van der Waals surface area contributed by atoms with E-state index < -0.39 is 30.2 Å². The fourth-order valence-electron chi connectivity index (χ4n) is 1.26. The third-order valence-electron chi connectivity index (χ3n) is 2.14. The van der Waals surface area contributed by atoms with Gasteiger partial charge in [0.25, 0.3) is 6.43 Å². The van der Waals surface area contributed by atoms with Crippen LogP contribution in [0.1, 0.15) is 23.2 Å². The van der Waals surface area contributed by atoms with Crippen molar-refractivity contribution in [3.05, 3.63) is 28.8 Å². The van der Waals surface area contributed by atoms with Crippen LogP contribution in [0.3, 0.4) is 0 Å². The lowest BCUT2D eigenvalue weighted by atomic mass is 10.1. The maximum atomic E-state index is 13.8. The highest BCUT2D eigenvalue weighted by Crippen LogP contribution is 2.26. The van der Waals surface area contributed by atoms with Crippen molar-refractivity contribution in [2.24, 2.45) is 0 Å². The highest BCUT2D eigenvalue weighted by atomic mass is 79.9. The second-order valence-electron chi connectivity index (χ2n) is 3.14. The van der Waals surface area contributed by atoms with Crippen molar-refractivity contribution >= 4 is 21.9 Å². The Balaban J connectivity index is 3.24. The largest absolute Gasteiger partial charge is 0.469 e. The molecule has 0 saturated carbocycles. The first-order valence-corrected chi connectivity index (χ1v) is 5.70. The zero-order chi connectivity index (χ0) is 13.0. The maximum Gasteiger partial charge on any atom is 0.310 e. The molecule has 0 aliphatic carbocycles. The number of halogens is 4. The maximum absolute atomic E-state index is 13.8. The van der Waals surface area contributed by atoms with Gasteiger partial charge in [-0.3, -0.25) is 9.78 Å². The van der Waals surface area contributed by atoms with Gasteiger partial charge < -0.3 is 4.74 Å². The molecule has 17 heavy (non-hydrogen) atoms. The summed E-state index contributed by atoms with van der Waals surface area (Å²) >= 11 is 2.98. The van der Waals surface area contributed by atoms with Crippen LogP contribution in [0, 0.1) is 5.82 Å². The summed E-state index contributed by atoms with van der Waals surface area (Å²) in [6.07, 6.45) is -2.55. The van der Waals surface area contributed by atoms with Crippen molar-refractivity contribution in [1.82, 2.24) is 4.98 Å². The van der Waals surface area contributed by atoms with Crippen LogP contribution in [0.5, 0.6) is 0 Å². The molecule has 0 aliphatic heterocycles. The first kappa shape index (κ1) is 14.0. The normalized spacial score (nSPS) is 10.7. The van der Waals surface area contributed by atoms with Crippen LogP contribution in [-0.4, -0.2) is 18.1 Å². The number of hydrogen-bond acceptors (Lipinski definition) is 3. The second-order valence-corrected chi connectivity index (χ2v) is 3.70. The molecule has 7 heteroatoms. The molecule has 0 amide bonds. The Hall–Kier alpha value is -1.11. The molecule has 0 saturated heterocycles. The van der Waals surface area contributed by atoms with Gasteiger partial charge in [-0.15, -0.1) is 0 Å². The van der Waals surface area contributed by atoms with Crippen molar-refractivity contribution in [2.45, 2.75) is 18.2 Å². The minimum atomic E-state index is -2.89. The van der Waals surface area contributed by atoms with E-state index in [2.05, 4.69) is 25.7 Å². The molecule has 0 N–H and O–H groups in total. The minimum absolute atomic E-state index is 0.0201. The Morgan fingerprint density at radius 2 is 2.24 bits per heavy atom. The van der Waals surface area contributed by atoms with Gasteiger partial charge in [-0.25, -0.2) is 13.2 Å². The topological polar surface area (TPSA) is 39.2 Å². The van der Waals surface area contributed by atoms with Gasteiger partial charge in [0.2, 0.25) is 0 Å². The van der Waals surface area contributed by atoms with Gasteiger partial charge in [0.15, 0.2) is 0 Å². The summed E-state index contributed by atoms with van der Waals surface area (Å²) in [5.41, 5.74) is -0.970. The van der Waals surface area contributed by atoms with E-state index in [-0.39, 0.29) is 16.6 Å². The third kappa shape index (κ3) is 3.18. The van der Waals surface area contributed by atoms with E-state index in [1.54, 1.807) is 0 Å². The van der Waals surface area contributed by atoms with E-state index >= 15 is 0 Å². The van der Waals surface area contributed by atoms with Crippen LogP contribution < -0.4 is 0 Å². The number of carbonyl (C=O) groups is 1. The number of methoxy groups -OCH3 is 1.